The van der Waals surface area contributed by atoms with E-state index in [0.29, 0.717) is 51.4 Å². The maximum Gasteiger partial charge on any atom is 0.141 e. The molecule has 1 aliphatic heterocycles. The van der Waals surface area contributed by atoms with Crippen molar-refractivity contribution >= 4 is 51.2 Å². The molecule has 3 heterocycles. The molecule has 2 aromatic heterocycles. The second-order valence-corrected chi connectivity index (χ2v) is 10.9. The molecule has 5 rings (SSSR count). The van der Waals surface area contributed by atoms with Crippen LogP contribution in [0.15, 0.2) is 42.7 Å². The van der Waals surface area contributed by atoms with Crippen molar-refractivity contribution in [2.75, 3.05) is 23.7 Å². The minimum Gasteiger partial charge on any atom is -0.379 e. The average molecular weight is 568 g/mol. The Morgan fingerprint density at radius 3 is 2.62 bits per heavy atom. The van der Waals surface area contributed by atoms with Crippen molar-refractivity contribution in [3.05, 3.63) is 69.8 Å². The molecule has 202 valence electrons. The van der Waals surface area contributed by atoms with E-state index < -0.39 is 5.82 Å². The van der Waals surface area contributed by atoms with Crippen molar-refractivity contribution in [3.63, 3.8) is 0 Å². The Labute approximate surface area is 236 Å². The summed E-state index contributed by atoms with van der Waals surface area (Å²) in [5.74, 6) is 0.0795. The molecule has 0 bridgehead atoms. The van der Waals surface area contributed by atoms with Gasteiger partial charge in [0.05, 0.1) is 39.6 Å². The molecule has 39 heavy (non-hydrogen) atoms. The van der Waals surface area contributed by atoms with E-state index in [1.54, 1.807) is 12.1 Å². The number of nitrogens with one attached hydrogen (secondary N) is 2. The summed E-state index contributed by atoms with van der Waals surface area (Å²) in [5.41, 5.74) is 3.44. The third-order valence-electron chi connectivity index (χ3n) is 7.12. The largest absolute Gasteiger partial charge is 0.379 e. The predicted octanol–water partition coefficient (Wildman–Crippen LogP) is 6.62. The normalized spacial score (nSPS) is 14.6. The number of rotatable bonds is 8. The van der Waals surface area contributed by atoms with Crippen LogP contribution in [-0.4, -0.2) is 44.0 Å². The predicted molar refractivity (Wildman–Crippen MR) is 153 cm³/mol. The van der Waals surface area contributed by atoms with Crippen LogP contribution in [0.4, 0.5) is 21.5 Å². The van der Waals surface area contributed by atoms with Gasteiger partial charge in [0.15, 0.2) is 0 Å². The number of likely N-dealkylation sites (tertiary alicyclic amines) is 1. The van der Waals surface area contributed by atoms with E-state index >= 15 is 0 Å². The molecule has 0 aliphatic carbocycles. The quantitative estimate of drug-likeness (QED) is 0.247. The second-order valence-electron chi connectivity index (χ2n) is 10.1. The fraction of sp³-hybridized carbons (Fsp3) is 0.357. The minimum absolute atomic E-state index is 0.0219. The van der Waals surface area contributed by atoms with Gasteiger partial charge in [-0.2, -0.15) is 5.26 Å². The SMILES string of the molecule is CC(C)N1CCC(Cn2cc(CNc3cc(Cl)c4ncc(C#N)c(Nc5ccc(F)c(Cl)c5)c4c3)nn2)CC1. The lowest BCUT2D eigenvalue weighted by molar-refractivity contribution is 0.139. The van der Waals surface area contributed by atoms with Crippen molar-refractivity contribution in [3.8, 4) is 6.07 Å². The molecule has 2 N–H and O–H groups in total. The van der Waals surface area contributed by atoms with Crippen molar-refractivity contribution in [2.24, 2.45) is 5.92 Å². The molecular formula is C28H29Cl2FN8. The summed E-state index contributed by atoms with van der Waals surface area (Å²) in [7, 11) is 0. The topological polar surface area (TPSA) is 94.7 Å². The molecule has 0 saturated carbocycles. The molecule has 8 nitrogen and oxygen atoms in total. The van der Waals surface area contributed by atoms with Crippen LogP contribution in [0.1, 0.15) is 37.9 Å². The number of anilines is 3. The van der Waals surface area contributed by atoms with E-state index in [4.69, 9.17) is 23.2 Å². The zero-order valence-electron chi connectivity index (χ0n) is 21.8. The van der Waals surface area contributed by atoms with Crippen LogP contribution < -0.4 is 10.6 Å². The van der Waals surface area contributed by atoms with Crippen LogP contribution in [0.2, 0.25) is 10.0 Å². The van der Waals surface area contributed by atoms with Crippen molar-refractivity contribution in [2.45, 2.75) is 45.8 Å². The Morgan fingerprint density at radius 1 is 1.13 bits per heavy atom. The molecule has 0 unspecified atom stereocenters. The molecule has 0 spiro atoms. The summed E-state index contributed by atoms with van der Waals surface area (Å²) >= 11 is 12.5. The number of aromatic nitrogens is 4. The lowest BCUT2D eigenvalue weighted by Gasteiger charge is -2.34. The van der Waals surface area contributed by atoms with Crippen molar-refractivity contribution in [1.29, 1.82) is 5.26 Å². The number of benzene rings is 2. The van der Waals surface area contributed by atoms with Crippen LogP contribution in [-0.2, 0) is 13.1 Å². The lowest BCUT2D eigenvalue weighted by atomic mass is 9.96. The summed E-state index contributed by atoms with van der Waals surface area (Å²) in [6, 6.07) is 10.7. The standard InChI is InChI=1S/C28H29Cl2FN8/c1-17(2)38-7-5-18(6-8-38)15-39-16-22(36-37-39)14-33-21-9-23-27(35-20-3-4-26(31)24(29)10-20)19(12-32)13-34-28(23)25(30)11-21/h3-4,9-11,13,16-18,33H,5-8,14-15H2,1-2H3,(H,34,35). The highest BCUT2D eigenvalue weighted by Crippen LogP contribution is 2.35. The van der Waals surface area contributed by atoms with E-state index in [-0.39, 0.29) is 5.02 Å². The number of piperidine rings is 1. The molecule has 4 aromatic rings. The van der Waals surface area contributed by atoms with Gasteiger partial charge in [-0.25, -0.2) is 4.39 Å². The molecule has 2 aromatic carbocycles. The molecule has 1 aliphatic rings. The minimum atomic E-state index is -0.523. The fourth-order valence-corrected chi connectivity index (χ4v) is 5.37. The fourth-order valence-electron chi connectivity index (χ4n) is 4.92. The number of hydrogen-bond acceptors (Lipinski definition) is 7. The Kier molecular flexibility index (Phi) is 8.17. The third-order valence-corrected chi connectivity index (χ3v) is 7.70. The molecule has 0 atom stereocenters. The van der Waals surface area contributed by atoms with Gasteiger partial charge >= 0.3 is 0 Å². The van der Waals surface area contributed by atoms with Crippen LogP contribution in [0.25, 0.3) is 10.9 Å². The van der Waals surface area contributed by atoms with E-state index in [2.05, 4.69) is 50.7 Å². The summed E-state index contributed by atoms with van der Waals surface area (Å²) in [4.78, 5) is 6.90. The van der Waals surface area contributed by atoms with E-state index in [0.717, 1.165) is 31.0 Å². The van der Waals surface area contributed by atoms with Gasteiger partial charge in [0.2, 0.25) is 0 Å². The van der Waals surface area contributed by atoms with Gasteiger partial charge in [0.1, 0.15) is 17.6 Å². The first kappa shape index (κ1) is 27.1. The highest BCUT2D eigenvalue weighted by molar-refractivity contribution is 6.36. The Balaban J connectivity index is 1.31. The van der Waals surface area contributed by atoms with Gasteiger partial charge in [-0.15, -0.1) is 5.10 Å². The summed E-state index contributed by atoms with van der Waals surface area (Å²) < 4.78 is 15.6. The maximum atomic E-state index is 13.7. The molecular weight excluding hydrogens is 538 g/mol. The zero-order chi connectivity index (χ0) is 27.5. The molecule has 0 radical (unpaired) electrons. The van der Waals surface area contributed by atoms with Gasteiger partial charge in [0, 0.05) is 35.5 Å². The van der Waals surface area contributed by atoms with Crippen LogP contribution in [0.3, 0.4) is 0 Å². The monoisotopic (exact) mass is 566 g/mol. The summed E-state index contributed by atoms with van der Waals surface area (Å²) in [6.07, 6.45) is 5.77. The molecule has 1 fully saturated rings. The van der Waals surface area contributed by atoms with Crippen LogP contribution in [0, 0.1) is 23.1 Å². The number of pyridine rings is 1. The Hall–Kier alpha value is -3.45. The lowest BCUT2D eigenvalue weighted by Crippen LogP contribution is -2.39. The summed E-state index contributed by atoms with van der Waals surface area (Å²) in [5, 5.41) is 26.0. The van der Waals surface area contributed by atoms with Crippen LogP contribution in [0.5, 0.6) is 0 Å². The number of nitriles is 1. The number of hydrogen-bond donors (Lipinski definition) is 2. The van der Waals surface area contributed by atoms with E-state index in [9.17, 15) is 9.65 Å². The first-order chi connectivity index (χ1) is 18.8. The summed E-state index contributed by atoms with van der Waals surface area (Å²) in [6.45, 7) is 8.07. The molecule has 1 saturated heterocycles. The van der Waals surface area contributed by atoms with Crippen LogP contribution >= 0.6 is 23.2 Å². The smallest absolute Gasteiger partial charge is 0.141 e. The number of nitrogens with zero attached hydrogens (tertiary/aromatic N) is 6. The van der Waals surface area contributed by atoms with Gasteiger partial charge in [0.25, 0.3) is 0 Å². The van der Waals surface area contributed by atoms with Gasteiger partial charge in [-0.1, -0.05) is 28.4 Å². The molecule has 11 heteroatoms. The van der Waals surface area contributed by atoms with Gasteiger partial charge in [-0.05, 0) is 76.0 Å². The zero-order valence-corrected chi connectivity index (χ0v) is 23.3. The van der Waals surface area contributed by atoms with E-state index in [1.807, 2.05) is 16.9 Å². The average Bonchev–Trinajstić information content (AvgIpc) is 3.37. The van der Waals surface area contributed by atoms with Crippen molar-refractivity contribution in [1.82, 2.24) is 24.9 Å². The molecule has 0 amide bonds. The van der Waals surface area contributed by atoms with Crippen molar-refractivity contribution < 1.29 is 4.39 Å². The van der Waals surface area contributed by atoms with Gasteiger partial charge < -0.3 is 15.5 Å². The Bertz CT molecular complexity index is 1520. The Morgan fingerprint density at radius 2 is 1.90 bits per heavy atom. The third kappa shape index (κ3) is 6.25. The highest BCUT2D eigenvalue weighted by atomic mass is 35.5. The highest BCUT2D eigenvalue weighted by Gasteiger charge is 2.21. The maximum absolute atomic E-state index is 13.7. The first-order valence-electron chi connectivity index (χ1n) is 12.9. The second kappa shape index (κ2) is 11.7. The van der Waals surface area contributed by atoms with E-state index in [1.165, 1.54) is 31.2 Å². The first-order valence-corrected chi connectivity index (χ1v) is 13.7. The number of fused-ring (bicyclic) bond motifs is 1. The number of halogens is 3. The van der Waals surface area contributed by atoms with Gasteiger partial charge in [-0.3, -0.25) is 9.67 Å².